The summed E-state index contributed by atoms with van der Waals surface area (Å²) in [6, 6.07) is 16.7. The van der Waals surface area contributed by atoms with E-state index < -0.39 is 5.82 Å². The Kier molecular flexibility index (Phi) is 7.76. The number of hydrogen-bond donors (Lipinski definition) is 0. The third-order valence-corrected chi connectivity index (χ3v) is 5.56. The molecule has 1 heterocycles. The average Bonchev–Trinajstić information content (AvgIpc) is 2.89. The Balaban J connectivity index is 1.50. The van der Waals surface area contributed by atoms with Gasteiger partial charge in [0.25, 0.3) is 0 Å². The molecule has 0 atom stereocenters. The Morgan fingerprint density at radius 2 is 1.78 bits per heavy atom. The molecule has 0 aliphatic carbocycles. The number of carbonyl (C=O) groups excluding carboxylic acids is 1. The molecule has 0 aliphatic heterocycles. The number of aromatic nitrogens is 1. The monoisotopic (exact) mass is 484 g/mol. The number of pyridine rings is 1. The first-order valence-electron chi connectivity index (χ1n) is 11.5. The number of carbonyl (C=O) groups is 1. The van der Waals surface area contributed by atoms with Crippen molar-refractivity contribution in [1.82, 2.24) is 4.98 Å². The van der Waals surface area contributed by atoms with Gasteiger partial charge in [-0.1, -0.05) is 25.1 Å². The molecule has 3 aromatic carbocycles. The van der Waals surface area contributed by atoms with E-state index >= 15 is 0 Å². The van der Waals surface area contributed by atoms with Crippen LogP contribution >= 0.6 is 0 Å². The normalized spacial score (nSPS) is 10.6. The highest BCUT2D eigenvalue weighted by Gasteiger charge is 2.14. The third-order valence-electron chi connectivity index (χ3n) is 5.56. The zero-order valence-electron chi connectivity index (χ0n) is 20.1. The van der Waals surface area contributed by atoms with Crippen molar-refractivity contribution in [3.8, 4) is 23.0 Å². The lowest BCUT2D eigenvalue weighted by molar-refractivity contribution is -0.117. The highest BCUT2D eigenvalue weighted by atomic mass is 19.1. The lowest BCUT2D eigenvalue weighted by atomic mass is 10.0. The molecule has 4 aromatic rings. The van der Waals surface area contributed by atoms with E-state index in [9.17, 15) is 9.18 Å². The molecule has 0 saturated carbocycles. The average molecular weight is 485 g/mol. The topological polar surface area (TPSA) is 62.0 Å². The molecule has 4 rings (SSSR count). The van der Waals surface area contributed by atoms with E-state index in [1.165, 1.54) is 6.07 Å². The second kappa shape index (κ2) is 11.3. The fourth-order valence-corrected chi connectivity index (χ4v) is 3.75. The minimum atomic E-state index is -0.522. The molecule has 0 N–H and O–H groups in total. The van der Waals surface area contributed by atoms with Crippen LogP contribution in [0.25, 0.3) is 15.7 Å². The van der Waals surface area contributed by atoms with Crippen LogP contribution in [0.1, 0.15) is 24.5 Å². The van der Waals surface area contributed by atoms with Gasteiger partial charge in [0.1, 0.15) is 34.6 Å². The van der Waals surface area contributed by atoms with Crippen LogP contribution in [0.4, 0.5) is 10.1 Å². The maximum absolute atomic E-state index is 14.8. The number of rotatable bonds is 10. The first-order valence-corrected chi connectivity index (χ1v) is 11.5. The van der Waals surface area contributed by atoms with Gasteiger partial charge in [0, 0.05) is 30.5 Å². The number of halogens is 1. The molecule has 0 fully saturated rings. The van der Waals surface area contributed by atoms with Crippen molar-refractivity contribution in [2.45, 2.75) is 26.2 Å². The molecule has 0 saturated heterocycles. The summed E-state index contributed by atoms with van der Waals surface area (Å²) >= 11 is 0. The third kappa shape index (κ3) is 5.78. The molecular formula is C29H25FN2O4. The van der Waals surface area contributed by atoms with Gasteiger partial charge in [-0.2, -0.15) is 0 Å². The smallest absolute Gasteiger partial charge is 0.229 e. The van der Waals surface area contributed by atoms with Crippen molar-refractivity contribution in [3.63, 3.8) is 0 Å². The fourth-order valence-electron chi connectivity index (χ4n) is 3.75. The SMILES string of the molecule is [C-]#[N+]c1cc2c(Oc3ccc(CC(=O)Cc4ccc(OC)cc4)c(F)c3)ccnc2cc1OCCC. The molecule has 7 heteroatoms. The van der Waals surface area contributed by atoms with E-state index in [1.54, 1.807) is 55.8 Å². The van der Waals surface area contributed by atoms with Gasteiger partial charge in [-0.15, -0.1) is 0 Å². The van der Waals surface area contributed by atoms with Crippen molar-refractivity contribution >= 4 is 22.4 Å². The zero-order chi connectivity index (χ0) is 25.5. The number of ketones is 1. The summed E-state index contributed by atoms with van der Waals surface area (Å²) in [4.78, 5) is 20.4. The Morgan fingerprint density at radius 1 is 1.00 bits per heavy atom. The molecule has 1 aromatic heterocycles. The standard InChI is InChI=1S/C29H25FN2O4/c1-4-13-35-29-18-26-24(17-27(29)31-2)28(11-12-32-26)36-23-10-7-20(25(30)16-23)15-21(33)14-19-5-8-22(34-3)9-6-19/h5-12,16-18H,4,13-15H2,1,3H3. The predicted molar refractivity (Wildman–Crippen MR) is 136 cm³/mol. The van der Waals surface area contributed by atoms with Crippen molar-refractivity contribution < 1.29 is 23.4 Å². The van der Waals surface area contributed by atoms with E-state index in [0.717, 1.165) is 12.0 Å². The molecule has 0 spiro atoms. The van der Waals surface area contributed by atoms with Crippen LogP contribution in [0, 0.1) is 12.4 Å². The summed E-state index contributed by atoms with van der Waals surface area (Å²) in [5, 5.41) is 0.617. The molecule has 0 bridgehead atoms. The van der Waals surface area contributed by atoms with Crippen LogP contribution in [0.3, 0.4) is 0 Å². The van der Waals surface area contributed by atoms with Crippen LogP contribution < -0.4 is 14.2 Å². The van der Waals surface area contributed by atoms with Crippen LogP contribution in [0.15, 0.2) is 66.9 Å². The largest absolute Gasteiger partial charge is 0.505 e. The Morgan fingerprint density at radius 3 is 2.47 bits per heavy atom. The minimum Gasteiger partial charge on any atom is -0.505 e. The van der Waals surface area contributed by atoms with E-state index in [-0.39, 0.29) is 24.4 Å². The van der Waals surface area contributed by atoms with Gasteiger partial charge in [-0.05, 0) is 53.9 Å². The van der Waals surface area contributed by atoms with Gasteiger partial charge in [0.15, 0.2) is 0 Å². The first-order chi connectivity index (χ1) is 17.5. The number of ether oxygens (including phenoxy) is 3. The van der Waals surface area contributed by atoms with Crippen LogP contribution in [0.5, 0.6) is 23.0 Å². The Bertz CT molecular complexity index is 1430. The highest BCUT2D eigenvalue weighted by molar-refractivity contribution is 5.91. The fraction of sp³-hybridized carbons (Fsp3) is 0.207. The summed E-state index contributed by atoms with van der Waals surface area (Å²) < 4.78 is 31.6. The Hall–Kier alpha value is -4.44. The molecule has 0 aliphatic rings. The summed E-state index contributed by atoms with van der Waals surface area (Å²) in [7, 11) is 1.58. The van der Waals surface area contributed by atoms with Gasteiger partial charge >= 0.3 is 0 Å². The molecule has 36 heavy (non-hydrogen) atoms. The van der Waals surface area contributed by atoms with Crippen molar-refractivity contribution in [3.05, 3.63) is 95.2 Å². The van der Waals surface area contributed by atoms with E-state index in [2.05, 4.69) is 9.83 Å². The van der Waals surface area contributed by atoms with Crippen molar-refractivity contribution in [1.29, 1.82) is 0 Å². The number of nitrogens with zero attached hydrogens (tertiary/aromatic N) is 2. The summed E-state index contributed by atoms with van der Waals surface area (Å²) in [6.45, 7) is 9.97. The maximum Gasteiger partial charge on any atom is 0.229 e. The second-order valence-corrected chi connectivity index (χ2v) is 8.20. The van der Waals surface area contributed by atoms with E-state index in [1.807, 2.05) is 19.1 Å². The number of Topliss-reactive ketones (excluding diaryl/α,β-unsaturated/α-hetero) is 1. The quantitative estimate of drug-likeness (QED) is 0.230. The van der Waals surface area contributed by atoms with Crippen LogP contribution in [-0.4, -0.2) is 24.5 Å². The molecule has 0 unspecified atom stereocenters. The predicted octanol–water partition coefficient (Wildman–Crippen LogP) is 6.87. The highest BCUT2D eigenvalue weighted by Crippen LogP contribution is 2.37. The zero-order valence-corrected chi connectivity index (χ0v) is 20.1. The van der Waals surface area contributed by atoms with Crippen LogP contribution in [0.2, 0.25) is 0 Å². The first kappa shape index (κ1) is 24.7. The number of methoxy groups -OCH3 is 1. The van der Waals surface area contributed by atoms with Gasteiger partial charge in [-0.3, -0.25) is 9.78 Å². The second-order valence-electron chi connectivity index (χ2n) is 8.20. The lowest BCUT2D eigenvalue weighted by Gasteiger charge is -2.12. The van der Waals surface area contributed by atoms with E-state index in [0.29, 0.717) is 46.0 Å². The number of hydrogen-bond acceptors (Lipinski definition) is 5. The minimum absolute atomic E-state index is 0.0226. The summed E-state index contributed by atoms with van der Waals surface area (Å²) in [6.07, 6.45) is 2.59. The van der Waals surface area contributed by atoms with Gasteiger partial charge in [0.2, 0.25) is 5.69 Å². The number of fused-ring (bicyclic) bond motifs is 1. The molecule has 6 nitrogen and oxygen atoms in total. The Labute approximate surface area is 209 Å². The maximum atomic E-state index is 14.8. The lowest BCUT2D eigenvalue weighted by Crippen LogP contribution is -2.08. The van der Waals surface area contributed by atoms with Crippen molar-refractivity contribution in [2.24, 2.45) is 0 Å². The molecular weight excluding hydrogens is 459 g/mol. The van der Waals surface area contributed by atoms with Crippen molar-refractivity contribution in [2.75, 3.05) is 13.7 Å². The van der Waals surface area contributed by atoms with Gasteiger partial charge < -0.3 is 14.2 Å². The van der Waals surface area contributed by atoms with Gasteiger partial charge in [-0.25, -0.2) is 9.24 Å². The molecule has 182 valence electrons. The summed E-state index contributed by atoms with van der Waals surface area (Å²) in [5.41, 5.74) is 2.10. The van der Waals surface area contributed by atoms with E-state index in [4.69, 9.17) is 20.8 Å². The van der Waals surface area contributed by atoms with Gasteiger partial charge in [0.05, 0.1) is 25.8 Å². The summed E-state index contributed by atoms with van der Waals surface area (Å²) in [5.74, 6) is 1.28. The number of benzene rings is 3. The molecule has 0 radical (unpaired) electrons. The van der Waals surface area contributed by atoms with Crippen LogP contribution in [-0.2, 0) is 17.6 Å². The molecule has 0 amide bonds.